The van der Waals surface area contributed by atoms with E-state index in [0.717, 1.165) is 22.0 Å². The van der Waals surface area contributed by atoms with E-state index in [-0.39, 0.29) is 5.91 Å². The van der Waals surface area contributed by atoms with Crippen molar-refractivity contribution < 1.29 is 4.79 Å². The lowest BCUT2D eigenvalue weighted by atomic mass is 10.1. The number of hydrogen-bond acceptors (Lipinski definition) is 2. The average Bonchev–Trinajstić information content (AvgIpc) is 2.77. The monoisotopic (exact) mass is 364 g/mol. The van der Waals surface area contributed by atoms with Crippen LogP contribution in [-0.4, -0.2) is 10.9 Å². The predicted molar refractivity (Wildman–Crippen MR) is 115 cm³/mol. The number of aromatic nitrogens is 1. The van der Waals surface area contributed by atoms with Gasteiger partial charge in [-0.15, -0.1) is 0 Å². The maximum atomic E-state index is 12.4. The van der Waals surface area contributed by atoms with Crippen molar-refractivity contribution in [3.8, 4) is 0 Å². The van der Waals surface area contributed by atoms with Crippen LogP contribution in [0.5, 0.6) is 0 Å². The van der Waals surface area contributed by atoms with Crippen molar-refractivity contribution in [1.82, 2.24) is 10.3 Å². The van der Waals surface area contributed by atoms with Crippen molar-refractivity contribution >= 4 is 29.0 Å². The van der Waals surface area contributed by atoms with Gasteiger partial charge in [0.05, 0.1) is 5.52 Å². The second-order valence-corrected chi connectivity index (χ2v) is 6.58. The molecule has 0 aliphatic rings. The summed E-state index contributed by atoms with van der Waals surface area (Å²) >= 11 is 0. The molecule has 0 atom stereocenters. The first-order chi connectivity index (χ1) is 13.8. The minimum absolute atomic E-state index is 0.0844. The van der Waals surface area contributed by atoms with Gasteiger partial charge >= 0.3 is 0 Å². The Bertz CT molecular complexity index is 1120. The van der Waals surface area contributed by atoms with Gasteiger partial charge in [-0.1, -0.05) is 72.8 Å². The molecule has 4 rings (SSSR count). The molecule has 0 aliphatic carbocycles. The van der Waals surface area contributed by atoms with Gasteiger partial charge < -0.3 is 5.32 Å². The van der Waals surface area contributed by atoms with Gasteiger partial charge in [0.25, 0.3) is 5.91 Å². The first kappa shape index (κ1) is 17.7. The average molecular weight is 364 g/mol. The summed E-state index contributed by atoms with van der Waals surface area (Å²) in [7, 11) is 0. The van der Waals surface area contributed by atoms with Crippen LogP contribution in [0.1, 0.15) is 27.0 Å². The van der Waals surface area contributed by atoms with Crippen LogP contribution in [0.15, 0.2) is 91.1 Å². The molecule has 0 fully saturated rings. The molecule has 28 heavy (non-hydrogen) atoms. The van der Waals surface area contributed by atoms with Gasteiger partial charge in [0.2, 0.25) is 0 Å². The number of nitrogens with one attached hydrogen (secondary N) is 1. The zero-order chi connectivity index (χ0) is 19.2. The smallest absolute Gasteiger partial charge is 0.251 e. The minimum atomic E-state index is -0.0844. The molecule has 0 saturated carbocycles. The number of benzene rings is 3. The molecule has 0 bridgehead atoms. The van der Waals surface area contributed by atoms with Crippen LogP contribution in [0, 0.1) is 0 Å². The molecule has 1 N–H and O–H groups in total. The van der Waals surface area contributed by atoms with E-state index < -0.39 is 0 Å². The lowest BCUT2D eigenvalue weighted by Crippen LogP contribution is -2.22. The summed E-state index contributed by atoms with van der Waals surface area (Å²) < 4.78 is 0. The van der Waals surface area contributed by atoms with Gasteiger partial charge in [0.1, 0.15) is 0 Å². The highest BCUT2D eigenvalue weighted by Gasteiger charge is 2.06. The van der Waals surface area contributed by atoms with Gasteiger partial charge in [-0.25, -0.2) is 0 Å². The standard InChI is InChI=1S/C25H20N2O/c28-25(23-14-15-24-22(17-23)7-4-16-26-24)27-18-21-12-10-20(11-13-21)9-8-19-5-2-1-3-6-19/h1-17H,18H2,(H,27,28)/b9-8-. The lowest BCUT2D eigenvalue weighted by molar-refractivity contribution is 0.0951. The minimum Gasteiger partial charge on any atom is -0.348 e. The molecule has 3 nitrogen and oxygen atoms in total. The van der Waals surface area contributed by atoms with E-state index in [0.29, 0.717) is 12.1 Å². The third-order valence-electron chi connectivity index (χ3n) is 4.57. The molecule has 0 saturated heterocycles. The Morgan fingerprint density at radius 3 is 2.36 bits per heavy atom. The SMILES string of the molecule is O=C(NCc1ccc(/C=C\c2ccccc2)cc1)c1ccc2ncccc2c1. The van der Waals surface area contributed by atoms with Gasteiger partial charge in [0, 0.05) is 23.7 Å². The van der Waals surface area contributed by atoms with Crippen molar-refractivity contribution in [2.75, 3.05) is 0 Å². The zero-order valence-electron chi connectivity index (χ0n) is 15.4. The third-order valence-corrected chi connectivity index (χ3v) is 4.57. The topological polar surface area (TPSA) is 42.0 Å². The number of nitrogens with zero attached hydrogens (tertiary/aromatic N) is 1. The van der Waals surface area contributed by atoms with Crippen molar-refractivity contribution in [2.45, 2.75) is 6.54 Å². The molecular formula is C25H20N2O. The van der Waals surface area contributed by atoms with Crippen LogP contribution in [0.2, 0.25) is 0 Å². The Morgan fingerprint density at radius 2 is 1.57 bits per heavy atom. The summed E-state index contributed by atoms with van der Waals surface area (Å²) in [4.78, 5) is 16.7. The molecule has 1 heterocycles. The predicted octanol–water partition coefficient (Wildman–Crippen LogP) is 5.34. The molecule has 0 aliphatic heterocycles. The fraction of sp³-hybridized carbons (Fsp3) is 0.0400. The second-order valence-electron chi connectivity index (χ2n) is 6.58. The summed E-state index contributed by atoms with van der Waals surface area (Å²) in [6.45, 7) is 0.493. The molecule has 1 amide bonds. The Morgan fingerprint density at radius 1 is 0.821 bits per heavy atom. The molecule has 3 aromatic carbocycles. The fourth-order valence-corrected chi connectivity index (χ4v) is 3.00. The van der Waals surface area contributed by atoms with E-state index >= 15 is 0 Å². The Balaban J connectivity index is 1.37. The summed E-state index contributed by atoms with van der Waals surface area (Å²) in [5, 5.41) is 3.94. The van der Waals surface area contributed by atoms with Crippen molar-refractivity contribution in [3.63, 3.8) is 0 Å². The van der Waals surface area contributed by atoms with E-state index in [2.05, 4.69) is 46.7 Å². The van der Waals surface area contributed by atoms with Crippen molar-refractivity contribution in [3.05, 3.63) is 113 Å². The summed E-state index contributed by atoms with van der Waals surface area (Å²) in [6.07, 6.45) is 5.92. The number of fused-ring (bicyclic) bond motifs is 1. The van der Waals surface area contributed by atoms with Crippen LogP contribution >= 0.6 is 0 Å². The molecule has 1 aromatic heterocycles. The number of rotatable bonds is 5. The Hall–Kier alpha value is -3.72. The van der Waals surface area contributed by atoms with E-state index in [1.54, 1.807) is 6.20 Å². The molecule has 4 aromatic rings. The molecule has 136 valence electrons. The molecule has 0 unspecified atom stereocenters. The van der Waals surface area contributed by atoms with E-state index in [9.17, 15) is 4.79 Å². The molecule has 0 radical (unpaired) electrons. The van der Waals surface area contributed by atoms with Gasteiger partial charge in [-0.2, -0.15) is 0 Å². The Kier molecular flexibility index (Phi) is 5.25. The fourth-order valence-electron chi connectivity index (χ4n) is 3.00. The normalized spacial score (nSPS) is 11.0. The second kappa shape index (κ2) is 8.31. The first-order valence-electron chi connectivity index (χ1n) is 9.23. The van der Waals surface area contributed by atoms with Gasteiger partial charge in [-0.05, 0) is 41.0 Å². The lowest BCUT2D eigenvalue weighted by Gasteiger charge is -2.07. The maximum Gasteiger partial charge on any atom is 0.251 e. The molecular weight excluding hydrogens is 344 g/mol. The van der Waals surface area contributed by atoms with Crippen LogP contribution in [0.3, 0.4) is 0 Å². The maximum absolute atomic E-state index is 12.4. The third kappa shape index (κ3) is 4.33. The molecule has 3 heteroatoms. The highest BCUT2D eigenvalue weighted by molar-refractivity contribution is 5.97. The number of carbonyl (C=O) groups excluding carboxylic acids is 1. The first-order valence-corrected chi connectivity index (χ1v) is 9.23. The molecule has 0 spiro atoms. The quantitative estimate of drug-likeness (QED) is 0.486. The van der Waals surface area contributed by atoms with Crippen LogP contribution in [0.25, 0.3) is 23.1 Å². The van der Waals surface area contributed by atoms with Crippen molar-refractivity contribution in [2.24, 2.45) is 0 Å². The number of hydrogen-bond donors (Lipinski definition) is 1. The van der Waals surface area contributed by atoms with Gasteiger partial charge in [0.15, 0.2) is 0 Å². The number of carbonyl (C=O) groups is 1. The zero-order valence-corrected chi connectivity index (χ0v) is 15.4. The van der Waals surface area contributed by atoms with Crippen LogP contribution in [0.4, 0.5) is 0 Å². The van der Waals surface area contributed by atoms with Crippen LogP contribution < -0.4 is 5.32 Å². The highest BCUT2D eigenvalue weighted by Crippen LogP contribution is 2.14. The summed E-state index contributed by atoms with van der Waals surface area (Å²) in [6, 6.07) is 27.8. The Labute approximate surface area is 164 Å². The largest absolute Gasteiger partial charge is 0.348 e. The highest BCUT2D eigenvalue weighted by atomic mass is 16.1. The van der Waals surface area contributed by atoms with E-state index in [4.69, 9.17) is 0 Å². The van der Waals surface area contributed by atoms with Crippen LogP contribution in [-0.2, 0) is 6.54 Å². The summed E-state index contributed by atoms with van der Waals surface area (Å²) in [5.41, 5.74) is 4.89. The number of amides is 1. The van der Waals surface area contributed by atoms with Crippen molar-refractivity contribution in [1.29, 1.82) is 0 Å². The van der Waals surface area contributed by atoms with E-state index in [1.165, 1.54) is 5.56 Å². The summed E-state index contributed by atoms with van der Waals surface area (Å²) in [5.74, 6) is -0.0844. The van der Waals surface area contributed by atoms with Gasteiger partial charge in [-0.3, -0.25) is 9.78 Å². The van der Waals surface area contributed by atoms with E-state index in [1.807, 2.05) is 60.7 Å². The number of pyridine rings is 1.